The zero-order valence-electron chi connectivity index (χ0n) is 18.6. The van der Waals surface area contributed by atoms with Crippen molar-refractivity contribution in [3.05, 3.63) is 82.5 Å². The normalized spacial score (nSPS) is 16.5. The van der Waals surface area contributed by atoms with Gasteiger partial charge < -0.3 is 10.2 Å². The lowest BCUT2D eigenvalue weighted by Crippen LogP contribution is -2.32. The van der Waals surface area contributed by atoms with E-state index in [4.69, 9.17) is 11.6 Å². The number of hydrogen-bond acceptors (Lipinski definition) is 2. The highest BCUT2D eigenvalue weighted by atomic mass is 35.5. The van der Waals surface area contributed by atoms with Crippen molar-refractivity contribution in [2.75, 3.05) is 18.0 Å². The van der Waals surface area contributed by atoms with Gasteiger partial charge in [-0.15, -0.1) is 0 Å². The fourth-order valence-corrected chi connectivity index (χ4v) is 4.23. The van der Waals surface area contributed by atoms with Crippen LogP contribution in [0.4, 0.5) is 14.5 Å². The Hall–Kier alpha value is -2.66. The van der Waals surface area contributed by atoms with Crippen LogP contribution in [0.1, 0.15) is 43.7 Å². The molecule has 1 amide bonds. The van der Waals surface area contributed by atoms with Crippen LogP contribution in [-0.2, 0) is 4.79 Å². The molecular formula is C26H29ClF2N2O. The Morgan fingerprint density at radius 2 is 2.00 bits per heavy atom. The van der Waals surface area contributed by atoms with E-state index in [0.717, 1.165) is 42.5 Å². The maximum absolute atomic E-state index is 14.1. The molecule has 2 aromatic carbocycles. The van der Waals surface area contributed by atoms with Crippen LogP contribution in [0.3, 0.4) is 0 Å². The lowest BCUT2D eigenvalue weighted by Gasteiger charge is -2.20. The average molecular weight is 459 g/mol. The summed E-state index contributed by atoms with van der Waals surface area (Å²) in [6.45, 7) is 9.08. The van der Waals surface area contributed by atoms with Crippen molar-refractivity contribution in [2.24, 2.45) is 5.92 Å². The number of halogens is 3. The second-order valence-electron chi connectivity index (χ2n) is 8.08. The van der Waals surface area contributed by atoms with E-state index in [1.807, 2.05) is 18.2 Å². The molecule has 0 spiro atoms. The quantitative estimate of drug-likeness (QED) is 0.455. The van der Waals surface area contributed by atoms with Crippen molar-refractivity contribution in [1.82, 2.24) is 5.32 Å². The van der Waals surface area contributed by atoms with E-state index >= 15 is 0 Å². The van der Waals surface area contributed by atoms with Gasteiger partial charge in [0.05, 0.1) is 5.92 Å². The Morgan fingerprint density at radius 3 is 2.69 bits per heavy atom. The summed E-state index contributed by atoms with van der Waals surface area (Å²) in [4.78, 5) is 14.0. The maximum atomic E-state index is 14.1. The van der Waals surface area contributed by atoms with Crippen LogP contribution in [0.2, 0.25) is 5.02 Å². The molecule has 170 valence electrons. The molecule has 2 aromatic rings. The Morgan fingerprint density at radius 1 is 1.28 bits per heavy atom. The van der Waals surface area contributed by atoms with Crippen molar-refractivity contribution in [3.8, 4) is 0 Å². The highest BCUT2D eigenvalue weighted by Crippen LogP contribution is 2.32. The lowest BCUT2D eigenvalue weighted by atomic mass is 9.96. The molecule has 1 saturated heterocycles. The second kappa shape index (κ2) is 10.8. The zero-order valence-corrected chi connectivity index (χ0v) is 19.3. The number of nitrogens with zero attached hydrogens (tertiary/aromatic N) is 1. The number of carbonyl (C=O) groups is 1. The molecule has 0 aromatic heterocycles. The van der Waals surface area contributed by atoms with E-state index in [0.29, 0.717) is 23.7 Å². The summed E-state index contributed by atoms with van der Waals surface area (Å²) >= 11 is 6.22. The van der Waals surface area contributed by atoms with Gasteiger partial charge >= 0.3 is 0 Å². The number of carbonyl (C=O) groups excluding carboxylic acids is 1. The fourth-order valence-electron chi connectivity index (χ4n) is 4.06. The summed E-state index contributed by atoms with van der Waals surface area (Å²) in [6, 6.07) is 9.49. The molecule has 0 radical (unpaired) electrons. The lowest BCUT2D eigenvalue weighted by molar-refractivity contribution is -0.119. The van der Waals surface area contributed by atoms with Gasteiger partial charge in [0.2, 0.25) is 5.91 Å². The minimum Gasteiger partial charge on any atom is -0.388 e. The molecule has 1 unspecified atom stereocenters. The minimum absolute atomic E-state index is 0.255. The predicted molar refractivity (Wildman–Crippen MR) is 128 cm³/mol. The van der Waals surface area contributed by atoms with Crippen LogP contribution < -0.4 is 10.2 Å². The van der Waals surface area contributed by atoms with E-state index in [1.54, 1.807) is 0 Å². The number of aryl methyl sites for hydroxylation is 1. The Balaban J connectivity index is 1.65. The number of para-hydroxylation sites is 1. The molecule has 3 rings (SSSR count). The van der Waals surface area contributed by atoms with Gasteiger partial charge in [0.1, 0.15) is 17.3 Å². The monoisotopic (exact) mass is 458 g/mol. The predicted octanol–water partition coefficient (Wildman–Crippen LogP) is 6.66. The topological polar surface area (TPSA) is 32.3 Å². The van der Waals surface area contributed by atoms with Gasteiger partial charge in [-0.25, -0.2) is 8.78 Å². The SMILES string of the molecule is C=C(NCC/C(=C/CCC)c1cc(Cl)ccc1C)C1CCN(c2c(F)cccc2F)C1=O. The minimum atomic E-state index is -0.736. The number of rotatable bonds is 9. The molecule has 1 N–H and O–H groups in total. The highest BCUT2D eigenvalue weighted by molar-refractivity contribution is 6.30. The highest BCUT2D eigenvalue weighted by Gasteiger charge is 2.36. The Bertz CT molecular complexity index is 1010. The molecule has 3 nitrogen and oxygen atoms in total. The van der Waals surface area contributed by atoms with Crippen LogP contribution >= 0.6 is 11.6 Å². The Labute approximate surface area is 193 Å². The van der Waals surface area contributed by atoms with Gasteiger partial charge in [-0.3, -0.25) is 4.79 Å². The van der Waals surface area contributed by atoms with Crippen molar-refractivity contribution >= 4 is 28.8 Å². The number of anilines is 1. The number of amides is 1. The van der Waals surface area contributed by atoms with Gasteiger partial charge in [0, 0.05) is 23.8 Å². The first-order valence-electron chi connectivity index (χ1n) is 11.0. The van der Waals surface area contributed by atoms with Crippen molar-refractivity contribution in [2.45, 2.75) is 39.5 Å². The van der Waals surface area contributed by atoms with E-state index in [-0.39, 0.29) is 18.1 Å². The van der Waals surface area contributed by atoms with Crippen molar-refractivity contribution < 1.29 is 13.6 Å². The summed E-state index contributed by atoms with van der Waals surface area (Å²) in [5.41, 5.74) is 3.77. The summed E-state index contributed by atoms with van der Waals surface area (Å²) < 4.78 is 28.3. The number of allylic oxidation sites excluding steroid dienone is 1. The molecule has 32 heavy (non-hydrogen) atoms. The molecule has 1 aliphatic rings. The first kappa shape index (κ1) is 24.0. The van der Waals surface area contributed by atoms with Crippen molar-refractivity contribution in [3.63, 3.8) is 0 Å². The summed E-state index contributed by atoms with van der Waals surface area (Å²) in [6.07, 6.45) is 5.44. The summed E-state index contributed by atoms with van der Waals surface area (Å²) in [5, 5.41) is 3.96. The molecule has 0 saturated carbocycles. The molecule has 1 heterocycles. The van der Waals surface area contributed by atoms with E-state index < -0.39 is 17.6 Å². The van der Waals surface area contributed by atoms with Crippen LogP contribution in [-0.4, -0.2) is 19.0 Å². The van der Waals surface area contributed by atoms with Crippen LogP contribution in [0.5, 0.6) is 0 Å². The molecule has 0 aliphatic carbocycles. The first-order valence-corrected chi connectivity index (χ1v) is 11.3. The molecule has 1 atom stereocenters. The van der Waals surface area contributed by atoms with Gasteiger partial charge in [-0.1, -0.05) is 49.7 Å². The molecule has 6 heteroatoms. The van der Waals surface area contributed by atoms with E-state index in [2.05, 4.69) is 31.8 Å². The van der Waals surface area contributed by atoms with Gasteiger partial charge in [-0.05, 0) is 67.2 Å². The van der Waals surface area contributed by atoms with Gasteiger partial charge in [0.25, 0.3) is 0 Å². The zero-order chi connectivity index (χ0) is 23.3. The summed E-state index contributed by atoms with van der Waals surface area (Å²) in [7, 11) is 0. The number of hydrogen-bond donors (Lipinski definition) is 1. The van der Waals surface area contributed by atoms with Crippen molar-refractivity contribution in [1.29, 1.82) is 0 Å². The standard InChI is InChI=1S/C26H29ClF2N2O/c1-4-5-7-19(22-16-20(27)11-10-17(22)2)12-14-30-18(3)21-13-15-31(26(21)32)25-23(28)8-6-9-24(25)29/h6-11,16,21,30H,3-5,12-15H2,1-2H3/b19-7-. The van der Waals surface area contributed by atoms with E-state index in [1.165, 1.54) is 16.5 Å². The van der Waals surface area contributed by atoms with Gasteiger partial charge in [-0.2, -0.15) is 0 Å². The maximum Gasteiger partial charge on any atom is 0.236 e. The Kier molecular flexibility index (Phi) is 8.08. The third-order valence-corrected chi connectivity index (χ3v) is 6.04. The van der Waals surface area contributed by atoms with Crippen LogP contribution in [0, 0.1) is 24.5 Å². The molecule has 0 bridgehead atoms. The van der Waals surface area contributed by atoms with Gasteiger partial charge in [0.15, 0.2) is 0 Å². The largest absolute Gasteiger partial charge is 0.388 e. The van der Waals surface area contributed by atoms with E-state index in [9.17, 15) is 13.6 Å². The average Bonchev–Trinajstić information content (AvgIpc) is 3.13. The fraction of sp³-hybridized carbons (Fsp3) is 0.346. The molecule has 1 fully saturated rings. The third-order valence-electron chi connectivity index (χ3n) is 5.80. The molecule has 1 aliphatic heterocycles. The van der Waals surface area contributed by atoms with Crippen LogP contribution in [0.25, 0.3) is 5.57 Å². The first-order chi connectivity index (χ1) is 15.3. The third kappa shape index (κ3) is 5.39. The number of nitrogens with one attached hydrogen (secondary N) is 1. The van der Waals surface area contributed by atoms with Crippen LogP contribution in [0.15, 0.2) is 54.8 Å². The molecular weight excluding hydrogens is 430 g/mol. The number of benzene rings is 2. The number of unbranched alkanes of at least 4 members (excludes halogenated alkanes) is 1. The summed E-state index contributed by atoms with van der Waals surface area (Å²) in [5.74, 6) is -2.32. The second-order valence-corrected chi connectivity index (χ2v) is 8.52. The smallest absolute Gasteiger partial charge is 0.236 e.